The van der Waals surface area contributed by atoms with Gasteiger partial charge >= 0.3 is 5.97 Å². The minimum atomic E-state index is -1.32. The number of fused-ring (bicyclic) bond motifs is 2. The lowest BCUT2D eigenvalue weighted by molar-refractivity contribution is -0.155. The first-order valence-electron chi connectivity index (χ1n) is 14.1. The summed E-state index contributed by atoms with van der Waals surface area (Å²) in [7, 11) is 0. The number of halogens is 3. The van der Waals surface area contributed by atoms with Crippen molar-refractivity contribution in [2.75, 3.05) is 18.4 Å². The predicted molar refractivity (Wildman–Crippen MR) is 162 cm³/mol. The summed E-state index contributed by atoms with van der Waals surface area (Å²) in [6.07, 6.45) is 1.51. The first-order chi connectivity index (χ1) is 19.6. The molecular formula is C31H39Cl2FN4O4. The van der Waals surface area contributed by atoms with Crippen LogP contribution in [0.3, 0.4) is 0 Å². The molecule has 4 atom stereocenters. The lowest BCUT2D eigenvalue weighted by Gasteiger charge is -2.37. The van der Waals surface area contributed by atoms with E-state index in [9.17, 15) is 14.4 Å². The molecule has 1 saturated heterocycles. The van der Waals surface area contributed by atoms with Crippen LogP contribution in [-0.2, 0) is 24.5 Å². The van der Waals surface area contributed by atoms with Crippen molar-refractivity contribution < 1.29 is 23.5 Å². The second kappa shape index (κ2) is 12.1. The van der Waals surface area contributed by atoms with Gasteiger partial charge in [-0.05, 0) is 67.9 Å². The summed E-state index contributed by atoms with van der Waals surface area (Å²) in [5, 5.41) is 9.74. The molecule has 2 aliphatic heterocycles. The van der Waals surface area contributed by atoms with Gasteiger partial charge in [0.25, 0.3) is 0 Å². The molecule has 2 aromatic carbocycles. The molecule has 42 heavy (non-hydrogen) atoms. The minimum Gasteiger partial charge on any atom is -0.459 e. The number of rotatable bonds is 9. The summed E-state index contributed by atoms with van der Waals surface area (Å²) in [6, 6.07) is 8.34. The SMILES string of the molecule is CC(C)(C)C[C@H]1N[C@@H](C(=O)NCCCC(C)(C)OC(=O)CN)[C@H](c2cccc(Cl)c2F)[C@@]12C(=O)Nc1cc(Cl)ccc12. The van der Waals surface area contributed by atoms with Crippen molar-refractivity contribution in [1.82, 2.24) is 10.6 Å². The minimum absolute atomic E-state index is 0.0925. The molecule has 0 aliphatic carbocycles. The first-order valence-corrected chi connectivity index (χ1v) is 14.9. The predicted octanol–water partition coefficient (Wildman–Crippen LogP) is 5.06. The number of nitrogens with two attached hydrogens (primary N) is 1. The second-order valence-electron chi connectivity index (χ2n) is 12.9. The molecule has 228 valence electrons. The van der Waals surface area contributed by atoms with E-state index >= 15 is 4.39 Å². The lowest BCUT2D eigenvalue weighted by atomic mass is 9.62. The third-order valence-electron chi connectivity index (χ3n) is 8.03. The summed E-state index contributed by atoms with van der Waals surface area (Å²) in [5.41, 5.74) is 4.42. The van der Waals surface area contributed by atoms with Gasteiger partial charge in [-0.1, -0.05) is 62.2 Å². The van der Waals surface area contributed by atoms with Crippen LogP contribution in [0.4, 0.5) is 10.1 Å². The van der Waals surface area contributed by atoms with Crippen molar-refractivity contribution in [2.24, 2.45) is 11.1 Å². The van der Waals surface area contributed by atoms with Gasteiger partial charge in [0.2, 0.25) is 11.8 Å². The maximum Gasteiger partial charge on any atom is 0.320 e. The Bertz CT molecular complexity index is 1380. The van der Waals surface area contributed by atoms with Gasteiger partial charge in [0.05, 0.1) is 17.6 Å². The quantitative estimate of drug-likeness (QED) is 0.230. The molecule has 0 radical (unpaired) electrons. The Labute approximate surface area is 256 Å². The molecule has 0 saturated carbocycles. The van der Waals surface area contributed by atoms with Gasteiger partial charge in [0.15, 0.2) is 0 Å². The highest BCUT2D eigenvalue weighted by atomic mass is 35.5. The van der Waals surface area contributed by atoms with Crippen molar-refractivity contribution in [3.63, 3.8) is 0 Å². The van der Waals surface area contributed by atoms with Gasteiger partial charge in [0, 0.05) is 29.2 Å². The molecule has 11 heteroatoms. The van der Waals surface area contributed by atoms with E-state index in [1.165, 1.54) is 6.07 Å². The van der Waals surface area contributed by atoms with Gasteiger partial charge in [0.1, 0.15) is 16.8 Å². The number of ether oxygens (including phenoxy) is 1. The molecule has 0 unspecified atom stereocenters. The Balaban J connectivity index is 1.73. The highest BCUT2D eigenvalue weighted by Crippen LogP contribution is 2.57. The number of hydrogen-bond donors (Lipinski definition) is 4. The van der Waals surface area contributed by atoms with Gasteiger partial charge in [-0.15, -0.1) is 0 Å². The maximum atomic E-state index is 15.8. The van der Waals surface area contributed by atoms with Crippen LogP contribution >= 0.6 is 23.2 Å². The van der Waals surface area contributed by atoms with E-state index < -0.39 is 40.8 Å². The van der Waals surface area contributed by atoms with Gasteiger partial charge in [-0.25, -0.2) is 4.39 Å². The number of nitrogens with one attached hydrogen (secondary N) is 3. The summed E-state index contributed by atoms with van der Waals surface area (Å²) in [5.74, 6) is -2.80. The third-order valence-corrected chi connectivity index (χ3v) is 8.56. The zero-order valence-corrected chi connectivity index (χ0v) is 26.1. The van der Waals surface area contributed by atoms with Crippen LogP contribution in [0.25, 0.3) is 0 Å². The zero-order chi connectivity index (χ0) is 31.0. The summed E-state index contributed by atoms with van der Waals surface area (Å²) >= 11 is 12.5. The number of carbonyl (C=O) groups is 3. The van der Waals surface area contributed by atoms with Crippen LogP contribution in [-0.4, -0.2) is 48.6 Å². The largest absolute Gasteiger partial charge is 0.459 e. The van der Waals surface area contributed by atoms with E-state index in [0.717, 1.165) is 0 Å². The van der Waals surface area contributed by atoms with E-state index in [1.807, 2.05) is 0 Å². The Kier molecular flexibility index (Phi) is 9.28. The molecule has 8 nitrogen and oxygen atoms in total. The molecular weight excluding hydrogens is 582 g/mol. The first kappa shape index (κ1) is 32.2. The number of anilines is 1. The molecule has 5 N–H and O–H groups in total. The molecule has 2 heterocycles. The van der Waals surface area contributed by atoms with Crippen LogP contribution in [0, 0.1) is 11.2 Å². The van der Waals surface area contributed by atoms with Crippen LogP contribution in [0.2, 0.25) is 10.0 Å². The lowest BCUT2D eigenvalue weighted by Crippen LogP contribution is -2.49. The summed E-state index contributed by atoms with van der Waals surface area (Å²) in [4.78, 5) is 39.7. The Morgan fingerprint density at radius 2 is 1.86 bits per heavy atom. The molecule has 0 bridgehead atoms. The fraction of sp³-hybridized carbons (Fsp3) is 0.516. The summed E-state index contributed by atoms with van der Waals surface area (Å²) < 4.78 is 21.2. The number of esters is 1. The van der Waals surface area contributed by atoms with Crippen LogP contribution in [0.1, 0.15) is 70.9 Å². The fourth-order valence-corrected chi connectivity index (χ4v) is 6.74. The van der Waals surface area contributed by atoms with Crippen LogP contribution in [0.15, 0.2) is 36.4 Å². The van der Waals surface area contributed by atoms with Crippen LogP contribution in [0.5, 0.6) is 0 Å². The number of benzene rings is 2. The smallest absolute Gasteiger partial charge is 0.320 e. The third kappa shape index (κ3) is 6.30. The maximum absolute atomic E-state index is 15.8. The van der Waals surface area contributed by atoms with Gasteiger partial charge < -0.3 is 26.4 Å². The van der Waals surface area contributed by atoms with Crippen molar-refractivity contribution in [2.45, 2.75) is 82.9 Å². The highest BCUT2D eigenvalue weighted by molar-refractivity contribution is 6.31. The molecule has 2 aliphatic rings. The van der Waals surface area contributed by atoms with E-state index in [1.54, 1.807) is 44.2 Å². The normalized spacial score (nSPS) is 23.5. The average molecular weight is 622 g/mol. The number of amides is 2. The molecule has 1 fully saturated rings. The average Bonchev–Trinajstić information content (AvgIpc) is 3.36. The van der Waals surface area contributed by atoms with Crippen molar-refractivity contribution in [1.29, 1.82) is 0 Å². The topological polar surface area (TPSA) is 123 Å². The Morgan fingerprint density at radius 1 is 1.14 bits per heavy atom. The monoisotopic (exact) mass is 620 g/mol. The van der Waals surface area contributed by atoms with E-state index in [4.69, 9.17) is 33.7 Å². The Hall–Kier alpha value is -2.72. The van der Waals surface area contributed by atoms with E-state index in [2.05, 4.69) is 36.7 Å². The van der Waals surface area contributed by atoms with Crippen LogP contribution < -0.4 is 21.7 Å². The van der Waals surface area contributed by atoms with E-state index in [-0.39, 0.29) is 40.9 Å². The fourth-order valence-electron chi connectivity index (χ4n) is 6.39. The van der Waals surface area contributed by atoms with E-state index in [0.29, 0.717) is 35.5 Å². The second-order valence-corrected chi connectivity index (χ2v) is 13.8. The standard InChI is InChI=1S/C31H39Cl2FN4O4/c1-29(2,3)15-22-31(19-11-10-17(32)14-21(19)37-28(31)41)24(18-8-6-9-20(33)25(18)34)26(38-22)27(40)36-13-7-12-30(4,5)42-23(39)16-35/h6,8-11,14,22,24,26,38H,7,12-13,15-16,35H2,1-5H3,(H,36,40)(H,37,41)/t22-,24+,26-,31+/m1/s1. The summed E-state index contributed by atoms with van der Waals surface area (Å²) in [6.45, 7) is 9.79. The van der Waals surface area contributed by atoms with Crippen molar-refractivity contribution in [3.8, 4) is 0 Å². The van der Waals surface area contributed by atoms with Gasteiger partial charge in [-0.3, -0.25) is 14.4 Å². The Morgan fingerprint density at radius 3 is 2.52 bits per heavy atom. The number of carbonyl (C=O) groups excluding carboxylic acids is 3. The van der Waals surface area contributed by atoms with Gasteiger partial charge in [-0.2, -0.15) is 0 Å². The zero-order valence-electron chi connectivity index (χ0n) is 24.6. The molecule has 2 aromatic rings. The molecule has 0 aromatic heterocycles. The molecule has 1 spiro atoms. The van der Waals surface area contributed by atoms with Crippen molar-refractivity contribution in [3.05, 3.63) is 63.4 Å². The van der Waals surface area contributed by atoms with Crippen molar-refractivity contribution >= 4 is 46.7 Å². The molecule has 4 rings (SSSR count). The molecule has 2 amide bonds. The highest BCUT2D eigenvalue weighted by Gasteiger charge is 2.66. The number of hydrogen-bond acceptors (Lipinski definition) is 6.